The van der Waals surface area contributed by atoms with E-state index < -0.39 is 0 Å². The van der Waals surface area contributed by atoms with Gasteiger partial charge in [-0.2, -0.15) is 0 Å². The molecule has 0 radical (unpaired) electrons. The molecule has 0 aliphatic rings. The lowest BCUT2D eigenvalue weighted by Crippen LogP contribution is -2.04. The second-order valence-corrected chi connectivity index (χ2v) is 5.84. The minimum absolute atomic E-state index is 0.583. The molecule has 0 aromatic heterocycles. The van der Waals surface area contributed by atoms with Crippen molar-refractivity contribution in [3.63, 3.8) is 0 Å². The van der Waals surface area contributed by atoms with E-state index in [1.54, 1.807) is 11.8 Å². The molecule has 1 N–H and O–H groups in total. The second-order valence-electron chi connectivity index (χ2n) is 4.73. The predicted molar refractivity (Wildman–Crippen MR) is 90.9 cm³/mol. The number of oxime groups is 1. The highest BCUT2D eigenvalue weighted by molar-refractivity contribution is 7.99. The summed E-state index contributed by atoms with van der Waals surface area (Å²) in [6.07, 6.45) is 0. The van der Waals surface area contributed by atoms with E-state index in [-0.39, 0.29) is 0 Å². The molecule has 0 bridgehead atoms. The molecule has 0 saturated heterocycles. The van der Waals surface area contributed by atoms with Crippen LogP contribution in [0.5, 0.6) is 0 Å². The SMILES string of the molecule is O/N=C(/c1ccccc1)c1ccccc1Sc1ccccc1. The Hall–Kier alpha value is -2.52. The first-order valence-corrected chi connectivity index (χ1v) is 7.80. The van der Waals surface area contributed by atoms with Crippen LogP contribution in [0.15, 0.2) is 99.9 Å². The third kappa shape index (κ3) is 3.21. The van der Waals surface area contributed by atoms with Crippen molar-refractivity contribution < 1.29 is 5.21 Å². The zero-order valence-electron chi connectivity index (χ0n) is 11.9. The molecule has 0 unspecified atom stereocenters. The topological polar surface area (TPSA) is 32.6 Å². The van der Waals surface area contributed by atoms with Gasteiger partial charge in [0.05, 0.1) is 0 Å². The first-order valence-electron chi connectivity index (χ1n) is 6.98. The van der Waals surface area contributed by atoms with E-state index in [0.29, 0.717) is 5.71 Å². The van der Waals surface area contributed by atoms with Crippen LogP contribution >= 0.6 is 11.8 Å². The Morgan fingerprint density at radius 2 is 1.32 bits per heavy atom. The van der Waals surface area contributed by atoms with Crippen molar-refractivity contribution in [3.8, 4) is 0 Å². The van der Waals surface area contributed by atoms with Crippen molar-refractivity contribution in [3.05, 3.63) is 96.1 Å². The zero-order chi connectivity index (χ0) is 15.2. The summed E-state index contributed by atoms with van der Waals surface area (Å²) in [6.45, 7) is 0. The summed E-state index contributed by atoms with van der Waals surface area (Å²) in [6, 6.07) is 27.9. The maximum absolute atomic E-state index is 9.50. The summed E-state index contributed by atoms with van der Waals surface area (Å²) in [7, 11) is 0. The van der Waals surface area contributed by atoms with Crippen molar-refractivity contribution in [2.45, 2.75) is 9.79 Å². The van der Waals surface area contributed by atoms with Gasteiger partial charge in [0.25, 0.3) is 0 Å². The molecule has 22 heavy (non-hydrogen) atoms. The molecule has 3 heteroatoms. The van der Waals surface area contributed by atoms with E-state index in [4.69, 9.17) is 0 Å². The molecule has 3 aromatic carbocycles. The van der Waals surface area contributed by atoms with E-state index in [0.717, 1.165) is 20.9 Å². The molecule has 0 spiro atoms. The van der Waals surface area contributed by atoms with Crippen LogP contribution in [0.1, 0.15) is 11.1 Å². The minimum atomic E-state index is 0.583. The first kappa shape index (κ1) is 14.4. The van der Waals surface area contributed by atoms with E-state index in [2.05, 4.69) is 17.3 Å². The van der Waals surface area contributed by atoms with Gasteiger partial charge >= 0.3 is 0 Å². The molecule has 0 amide bonds. The molecular weight excluding hydrogens is 290 g/mol. The van der Waals surface area contributed by atoms with Crippen LogP contribution in [0.25, 0.3) is 0 Å². The molecule has 3 aromatic rings. The highest BCUT2D eigenvalue weighted by atomic mass is 32.2. The van der Waals surface area contributed by atoms with Crippen LogP contribution in [0.4, 0.5) is 0 Å². The molecule has 2 nitrogen and oxygen atoms in total. The summed E-state index contributed by atoms with van der Waals surface area (Å²) in [5.41, 5.74) is 2.40. The largest absolute Gasteiger partial charge is 0.410 e. The number of nitrogens with zero attached hydrogens (tertiary/aromatic N) is 1. The molecule has 0 heterocycles. The van der Waals surface area contributed by atoms with Crippen molar-refractivity contribution in [2.75, 3.05) is 0 Å². The van der Waals surface area contributed by atoms with E-state index in [1.807, 2.05) is 72.8 Å². The van der Waals surface area contributed by atoms with Crippen LogP contribution in [0, 0.1) is 0 Å². The van der Waals surface area contributed by atoms with Gasteiger partial charge in [-0.05, 0) is 18.2 Å². The van der Waals surface area contributed by atoms with E-state index in [9.17, 15) is 5.21 Å². The number of hydrogen-bond acceptors (Lipinski definition) is 3. The Morgan fingerprint density at radius 3 is 2.00 bits per heavy atom. The second kappa shape index (κ2) is 6.96. The highest BCUT2D eigenvalue weighted by Crippen LogP contribution is 2.31. The number of benzene rings is 3. The Balaban J connectivity index is 2.01. The van der Waals surface area contributed by atoms with E-state index >= 15 is 0 Å². The van der Waals surface area contributed by atoms with Crippen molar-refractivity contribution in [1.82, 2.24) is 0 Å². The number of rotatable bonds is 4. The van der Waals surface area contributed by atoms with Crippen LogP contribution in [-0.2, 0) is 0 Å². The van der Waals surface area contributed by atoms with Gasteiger partial charge in [0.15, 0.2) is 0 Å². The lowest BCUT2D eigenvalue weighted by molar-refractivity contribution is 0.319. The smallest absolute Gasteiger partial charge is 0.118 e. The van der Waals surface area contributed by atoms with Gasteiger partial charge in [-0.25, -0.2) is 0 Å². The highest BCUT2D eigenvalue weighted by Gasteiger charge is 2.12. The van der Waals surface area contributed by atoms with Crippen LogP contribution in [0.3, 0.4) is 0 Å². The average Bonchev–Trinajstić information content (AvgIpc) is 2.59. The fraction of sp³-hybridized carbons (Fsp3) is 0. The Kier molecular flexibility index (Phi) is 4.56. The zero-order valence-corrected chi connectivity index (χ0v) is 12.7. The van der Waals surface area contributed by atoms with Crippen molar-refractivity contribution in [1.29, 1.82) is 0 Å². The summed E-state index contributed by atoms with van der Waals surface area (Å²) >= 11 is 1.66. The fourth-order valence-corrected chi connectivity index (χ4v) is 3.20. The summed E-state index contributed by atoms with van der Waals surface area (Å²) < 4.78 is 0. The van der Waals surface area contributed by atoms with Gasteiger partial charge in [-0.1, -0.05) is 83.6 Å². The monoisotopic (exact) mass is 305 g/mol. The standard InChI is InChI=1S/C19H15NOS/c21-20-19(15-9-3-1-4-10-15)17-13-7-8-14-18(17)22-16-11-5-2-6-12-16/h1-14,21H/b20-19-. The van der Waals surface area contributed by atoms with Gasteiger partial charge < -0.3 is 5.21 Å². The molecular formula is C19H15NOS. The third-order valence-electron chi connectivity index (χ3n) is 3.26. The normalized spacial score (nSPS) is 11.4. The number of hydrogen-bond donors (Lipinski definition) is 1. The quantitative estimate of drug-likeness (QED) is 0.415. The Morgan fingerprint density at radius 1 is 0.727 bits per heavy atom. The summed E-state index contributed by atoms with van der Waals surface area (Å²) in [5, 5.41) is 13.0. The molecule has 0 saturated carbocycles. The van der Waals surface area contributed by atoms with Gasteiger partial charge in [0.1, 0.15) is 5.71 Å². The van der Waals surface area contributed by atoms with Crippen molar-refractivity contribution >= 4 is 17.5 Å². The molecule has 0 fully saturated rings. The maximum Gasteiger partial charge on any atom is 0.118 e. The molecule has 0 atom stereocenters. The lowest BCUT2D eigenvalue weighted by atomic mass is 10.0. The Labute approximate surface area is 134 Å². The van der Waals surface area contributed by atoms with Crippen LogP contribution in [-0.4, -0.2) is 10.9 Å². The third-order valence-corrected chi connectivity index (χ3v) is 4.34. The van der Waals surface area contributed by atoms with Crippen molar-refractivity contribution in [2.24, 2.45) is 5.16 Å². The van der Waals surface area contributed by atoms with Gasteiger partial charge in [0.2, 0.25) is 0 Å². The van der Waals surface area contributed by atoms with Crippen LogP contribution < -0.4 is 0 Å². The van der Waals surface area contributed by atoms with Gasteiger partial charge in [-0.15, -0.1) is 0 Å². The maximum atomic E-state index is 9.50. The average molecular weight is 305 g/mol. The predicted octanol–water partition coefficient (Wildman–Crippen LogP) is 5.06. The first-order chi connectivity index (χ1) is 10.9. The summed E-state index contributed by atoms with van der Waals surface area (Å²) in [4.78, 5) is 2.21. The van der Waals surface area contributed by atoms with Gasteiger partial charge in [0, 0.05) is 20.9 Å². The molecule has 0 aliphatic heterocycles. The van der Waals surface area contributed by atoms with Gasteiger partial charge in [-0.3, -0.25) is 0 Å². The Bertz CT molecular complexity index is 770. The fourth-order valence-electron chi connectivity index (χ4n) is 2.23. The summed E-state index contributed by atoms with van der Waals surface area (Å²) in [5.74, 6) is 0. The van der Waals surface area contributed by atoms with Crippen LogP contribution in [0.2, 0.25) is 0 Å². The molecule has 3 rings (SSSR count). The minimum Gasteiger partial charge on any atom is -0.410 e. The molecule has 0 aliphatic carbocycles. The lowest BCUT2D eigenvalue weighted by Gasteiger charge is -2.10. The van der Waals surface area contributed by atoms with E-state index in [1.165, 1.54) is 0 Å². The molecule has 108 valence electrons.